The molecule has 0 spiro atoms. The van der Waals surface area contributed by atoms with E-state index >= 15 is 0 Å². The van der Waals surface area contributed by atoms with Crippen LogP contribution < -0.4 is 5.73 Å². The Morgan fingerprint density at radius 2 is 2.11 bits per heavy atom. The monoisotopic (exact) mass is 353 g/mol. The highest BCUT2D eigenvalue weighted by molar-refractivity contribution is 9.10. The van der Waals surface area contributed by atoms with Crippen molar-refractivity contribution in [1.29, 1.82) is 0 Å². The number of benzene rings is 1. The van der Waals surface area contributed by atoms with E-state index in [1.54, 1.807) is 19.1 Å². The van der Waals surface area contributed by atoms with E-state index < -0.39 is 9.84 Å². The van der Waals surface area contributed by atoms with Crippen molar-refractivity contribution >= 4 is 37.4 Å². The lowest BCUT2D eigenvalue weighted by molar-refractivity contribution is 0.583. The molecule has 0 heterocycles. The first kappa shape index (κ1) is 16.0. The summed E-state index contributed by atoms with van der Waals surface area (Å²) >= 11 is 9.26. The van der Waals surface area contributed by atoms with E-state index in [2.05, 4.69) is 15.9 Å². The van der Waals surface area contributed by atoms with Crippen LogP contribution in [-0.2, 0) is 9.84 Å². The third kappa shape index (κ3) is 4.88. The summed E-state index contributed by atoms with van der Waals surface area (Å²) in [7, 11) is -2.90. The molecule has 1 aromatic carbocycles. The van der Waals surface area contributed by atoms with E-state index in [1.807, 2.05) is 6.07 Å². The molecule has 0 bridgehead atoms. The van der Waals surface area contributed by atoms with E-state index in [0.717, 1.165) is 10.0 Å². The number of rotatable bonds is 6. The van der Waals surface area contributed by atoms with Gasteiger partial charge in [0, 0.05) is 21.3 Å². The fraction of sp³-hybridized carbons (Fsp3) is 0.500. The van der Waals surface area contributed by atoms with Gasteiger partial charge in [0.25, 0.3) is 0 Å². The minimum Gasteiger partial charge on any atom is -0.324 e. The Labute approximate surface area is 122 Å². The van der Waals surface area contributed by atoms with Crippen LogP contribution in [0.5, 0.6) is 0 Å². The molecule has 0 fully saturated rings. The summed E-state index contributed by atoms with van der Waals surface area (Å²) in [5.74, 6) is 0.384. The van der Waals surface area contributed by atoms with Crippen molar-refractivity contribution in [2.45, 2.75) is 25.8 Å². The average molecular weight is 355 g/mol. The van der Waals surface area contributed by atoms with Gasteiger partial charge in [-0.25, -0.2) is 8.42 Å². The Bertz CT molecular complexity index is 505. The molecule has 0 saturated heterocycles. The van der Waals surface area contributed by atoms with E-state index in [4.69, 9.17) is 17.3 Å². The summed E-state index contributed by atoms with van der Waals surface area (Å²) in [6, 6.07) is 5.26. The zero-order valence-corrected chi connectivity index (χ0v) is 13.4. The molecule has 6 heteroatoms. The lowest BCUT2D eigenvalue weighted by Gasteiger charge is -2.14. The minimum absolute atomic E-state index is 0.177. The Hall–Kier alpha value is -0.100. The van der Waals surface area contributed by atoms with Crippen LogP contribution >= 0.6 is 27.5 Å². The first-order valence-electron chi connectivity index (χ1n) is 5.76. The molecule has 102 valence electrons. The third-order valence-electron chi connectivity index (χ3n) is 2.77. The van der Waals surface area contributed by atoms with Crippen molar-refractivity contribution in [2.24, 2.45) is 5.73 Å². The maximum Gasteiger partial charge on any atom is 0.150 e. The molecule has 0 aliphatic rings. The highest BCUT2D eigenvalue weighted by Gasteiger charge is 2.12. The fourth-order valence-corrected chi connectivity index (χ4v) is 3.50. The summed E-state index contributed by atoms with van der Waals surface area (Å²) in [5, 5.41) is 0.645. The molecule has 0 aliphatic carbocycles. The number of nitrogens with two attached hydrogens (primary N) is 1. The molecule has 0 aromatic heterocycles. The van der Waals surface area contributed by atoms with Crippen molar-refractivity contribution in [1.82, 2.24) is 0 Å². The summed E-state index contributed by atoms with van der Waals surface area (Å²) in [6.07, 6.45) is 1.21. The maximum absolute atomic E-state index is 11.4. The predicted octanol–water partition coefficient (Wildman–Crippen LogP) is 3.32. The third-order valence-corrected chi connectivity index (χ3v) is 5.48. The van der Waals surface area contributed by atoms with Gasteiger partial charge in [0.2, 0.25) is 0 Å². The molecule has 0 amide bonds. The first-order chi connectivity index (χ1) is 8.35. The quantitative estimate of drug-likeness (QED) is 0.852. The van der Waals surface area contributed by atoms with Gasteiger partial charge in [0.05, 0.1) is 5.75 Å². The number of hydrogen-bond donors (Lipinski definition) is 1. The topological polar surface area (TPSA) is 60.2 Å². The van der Waals surface area contributed by atoms with Crippen molar-refractivity contribution in [2.75, 3.05) is 11.5 Å². The Morgan fingerprint density at radius 3 is 2.67 bits per heavy atom. The Morgan fingerprint density at radius 1 is 1.44 bits per heavy atom. The molecule has 0 saturated carbocycles. The second-order valence-electron chi connectivity index (χ2n) is 4.15. The molecule has 1 atom stereocenters. The van der Waals surface area contributed by atoms with Gasteiger partial charge in [-0.3, -0.25) is 0 Å². The minimum atomic E-state index is -2.90. The summed E-state index contributed by atoms with van der Waals surface area (Å²) < 4.78 is 23.6. The van der Waals surface area contributed by atoms with Crippen LogP contribution in [0.15, 0.2) is 22.7 Å². The summed E-state index contributed by atoms with van der Waals surface area (Å²) in [5.41, 5.74) is 7.00. The molecule has 1 rings (SSSR count). The molecule has 0 radical (unpaired) electrons. The molecule has 1 aromatic rings. The van der Waals surface area contributed by atoms with Crippen molar-refractivity contribution in [3.05, 3.63) is 33.3 Å². The van der Waals surface area contributed by atoms with Gasteiger partial charge < -0.3 is 5.73 Å². The predicted molar refractivity (Wildman–Crippen MR) is 79.6 cm³/mol. The van der Waals surface area contributed by atoms with Gasteiger partial charge in [0.15, 0.2) is 0 Å². The molecule has 3 nitrogen and oxygen atoms in total. The van der Waals surface area contributed by atoms with Gasteiger partial charge in [-0.05, 0) is 30.5 Å². The van der Waals surface area contributed by atoms with Crippen LogP contribution in [0.2, 0.25) is 5.02 Å². The van der Waals surface area contributed by atoms with E-state index in [-0.39, 0.29) is 17.5 Å². The first-order valence-corrected chi connectivity index (χ1v) is 8.76. The number of hydrogen-bond acceptors (Lipinski definition) is 3. The zero-order chi connectivity index (χ0) is 13.8. The van der Waals surface area contributed by atoms with Gasteiger partial charge >= 0.3 is 0 Å². The van der Waals surface area contributed by atoms with Crippen LogP contribution in [0.4, 0.5) is 0 Å². The SMILES string of the molecule is CCS(=O)(=O)CCCC(N)c1ccc(Cl)cc1Br. The van der Waals surface area contributed by atoms with Gasteiger partial charge in [-0.2, -0.15) is 0 Å². The average Bonchev–Trinajstić information content (AvgIpc) is 2.28. The van der Waals surface area contributed by atoms with Crippen LogP contribution in [-0.4, -0.2) is 19.9 Å². The summed E-state index contributed by atoms with van der Waals surface area (Å²) in [6.45, 7) is 1.66. The van der Waals surface area contributed by atoms with E-state index in [0.29, 0.717) is 17.9 Å². The molecular weight excluding hydrogens is 338 g/mol. The van der Waals surface area contributed by atoms with Crippen LogP contribution in [0.25, 0.3) is 0 Å². The maximum atomic E-state index is 11.4. The standard InChI is InChI=1S/C12H17BrClNO2S/c1-2-18(16,17)7-3-4-12(15)10-6-5-9(14)8-11(10)13/h5-6,8,12H,2-4,7,15H2,1H3. The van der Waals surface area contributed by atoms with Crippen LogP contribution in [0.1, 0.15) is 31.4 Å². The summed E-state index contributed by atoms with van der Waals surface area (Å²) in [4.78, 5) is 0. The zero-order valence-electron chi connectivity index (χ0n) is 10.2. The lowest BCUT2D eigenvalue weighted by atomic mass is 10.0. The molecule has 18 heavy (non-hydrogen) atoms. The van der Waals surface area contributed by atoms with Gasteiger partial charge in [-0.15, -0.1) is 0 Å². The van der Waals surface area contributed by atoms with Crippen molar-refractivity contribution in [3.63, 3.8) is 0 Å². The Kier molecular flexibility index (Phi) is 6.11. The molecule has 2 N–H and O–H groups in total. The van der Waals surface area contributed by atoms with E-state index in [1.165, 1.54) is 0 Å². The smallest absolute Gasteiger partial charge is 0.150 e. The van der Waals surface area contributed by atoms with Gasteiger partial charge in [0.1, 0.15) is 9.84 Å². The normalized spacial score (nSPS) is 13.6. The highest BCUT2D eigenvalue weighted by atomic mass is 79.9. The number of sulfone groups is 1. The second kappa shape index (κ2) is 6.89. The molecular formula is C12H17BrClNO2S. The van der Waals surface area contributed by atoms with Crippen LogP contribution in [0.3, 0.4) is 0 Å². The van der Waals surface area contributed by atoms with E-state index in [9.17, 15) is 8.42 Å². The van der Waals surface area contributed by atoms with Crippen molar-refractivity contribution in [3.8, 4) is 0 Å². The largest absolute Gasteiger partial charge is 0.324 e. The fourth-order valence-electron chi connectivity index (χ4n) is 1.63. The Balaban J connectivity index is 2.58. The molecule has 1 unspecified atom stereocenters. The second-order valence-corrected chi connectivity index (χ2v) is 7.91. The molecule has 0 aliphatic heterocycles. The highest BCUT2D eigenvalue weighted by Crippen LogP contribution is 2.27. The van der Waals surface area contributed by atoms with Crippen molar-refractivity contribution < 1.29 is 8.42 Å². The van der Waals surface area contributed by atoms with Crippen LogP contribution in [0, 0.1) is 0 Å². The van der Waals surface area contributed by atoms with Gasteiger partial charge in [-0.1, -0.05) is 40.5 Å². The lowest BCUT2D eigenvalue weighted by Crippen LogP contribution is -2.14. The number of halogens is 2.